The number of carbonyl (C=O) groups is 1. The van der Waals surface area contributed by atoms with Gasteiger partial charge in [0.15, 0.2) is 17.3 Å². The van der Waals surface area contributed by atoms with Gasteiger partial charge in [-0.1, -0.05) is 11.6 Å². The Morgan fingerprint density at radius 2 is 2.11 bits per heavy atom. The summed E-state index contributed by atoms with van der Waals surface area (Å²) < 4.78 is 35.9. The van der Waals surface area contributed by atoms with Gasteiger partial charge in [0, 0.05) is 31.3 Å². The first-order chi connectivity index (χ1) is 16.7. The number of rotatable bonds is 7. The molecule has 0 unspecified atom stereocenters. The molecule has 0 radical (unpaired) electrons. The van der Waals surface area contributed by atoms with Crippen LogP contribution in [0, 0.1) is 11.7 Å². The number of halogens is 3. The van der Waals surface area contributed by atoms with Crippen molar-refractivity contribution in [2.24, 2.45) is 5.92 Å². The average molecular weight is 504 g/mol. The largest absolute Gasteiger partial charge is 0.380 e. The van der Waals surface area contributed by atoms with Crippen LogP contribution in [0.5, 0.6) is 0 Å². The number of nitrogens with zero attached hydrogens (tertiary/aromatic N) is 5. The lowest BCUT2D eigenvalue weighted by atomic mass is 10.0. The second-order valence-corrected chi connectivity index (χ2v) is 9.19. The second kappa shape index (κ2) is 8.72. The molecule has 1 aliphatic carbocycles. The summed E-state index contributed by atoms with van der Waals surface area (Å²) in [5.41, 5.74) is 1.97. The molecule has 1 amide bonds. The number of hydrogen-bond acceptors (Lipinski definition) is 6. The number of methoxy groups -OCH3 is 1. The van der Waals surface area contributed by atoms with E-state index in [-0.39, 0.29) is 35.1 Å². The smallest absolute Gasteiger partial charge is 0.231 e. The van der Waals surface area contributed by atoms with Crippen molar-refractivity contribution in [2.75, 3.05) is 24.4 Å². The fourth-order valence-corrected chi connectivity index (χ4v) is 4.43. The van der Waals surface area contributed by atoms with Crippen molar-refractivity contribution in [1.82, 2.24) is 24.6 Å². The van der Waals surface area contributed by atoms with E-state index in [1.807, 2.05) is 13.8 Å². The molecule has 3 heterocycles. The summed E-state index contributed by atoms with van der Waals surface area (Å²) in [6.07, 6.45) is 5.25. The molecule has 35 heavy (non-hydrogen) atoms. The summed E-state index contributed by atoms with van der Waals surface area (Å²) in [7, 11) is 3.37. The Morgan fingerprint density at radius 3 is 2.80 bits per heavy atom. The lowest BCUT2D eigenvalue weighted by Crippen LogP contribution is -2.39. The predicted molar refractivity (Wildman–Crippen MR) is 129 cm³/mol. The van der Waals surface area contributed by atoms with Crippen LogP contribution in [0.4, 0.5) is 20.3 Å². The Labute approximate surface area is 204 Å². The predicted octanol–water partition coefficient (Wildman–Crippen LogP) is 4.22. The van der Waals surface area contributed by atoms with Gasteiger partial charge < -0.3 is 19.4 Å². The van der Waals surface area contributed by atoms with Crippen LogP contribution in [0.15, 0.2) is 24.8 Å². The summed E-state index contributed by atoms with van der Waals surface area (Å²) in [4.78, 5) is 22.5. The second-order valence-electron chi connectivity index (χ2n) is 8.81. The van der Waals surface area contributed by atoms with Crippen LogP contribution in [0.2, 0.25) is 5.02 Å². The molecular formula is C23H24ClF2N7O2. The third-order valence-corrected chi connectivity index (χ3v) is 7.03. The van der Waals surface area contributed by atoms with Crippen LogP contribution in [0.1, 0.15) is 20.3 Å². The number of carbonyl (C=O) groups excluding carboxylic acids is 1. The molecule has 5 rings (SSSR count). The van der Waals surface area contributed by atoms with Crippen molar-refractivity contribution in [3.63, 3.8) is 0 Å². The first-order valence-electron chi connectivity index (χ1n) is 11.1. The number of hydrogen-bond donors (Lipinski definition) is 2. The highest BCUT2D eigenvalue weighted by Gasteiger charge is 2.43. The van der Waals surface area contributed by atoms with Crippen molar-refractivity contribution >= 4 is 45.6 Å². The standard InChI is InChI=1S/C23H24ClF2N7O2/c1-10(11(2)35-4)32(3)22-20(26)19(24)18(13-6-28-31-21(13)22)15-8-33-9-16(29-17(33)7-27-15)30-23(34)12-5-14(12)25/h6-12,14H,5H2,1-4H3,(H,28,31)(H,30,34)/t10-,11-,12-,14+/m1/s1. The third kappa shape index (κ3) is 3.98. The van der Waals surface area contributed by atoms with Gasteiger partial charge in [-0.25, -0.2) is 13.8 Å². The van der Waals surface area contributed by atoms with Gasteiger partial charge in [-0.3, -0.25) is 14.9 Å². The molecule has 1 saturated carbocycles. The highest BCUT2D eigenvalue weighted by molar-refractivity contribution is 6.35. The van der Waals surface area contributed by atoms with Gasteiger partial charge in [0.1, 0.15) is 11.9 Å². The number of likely N-dealkylation sites (N-methyl/N-ethyl adjacent to an activating group) is 1. The minimum absolute atomic E-state index is 0.0961. The van der Waals surface area contributed by atoms with Crippen LogP contribution in [-0.4, -0.2) is 62.9 Å². The normalized spacial score (nSPS) is 19.2. The quantitative estimate of drug-likeness (QED) is 0.391. The minimum atomic E-state index is -1.10. The number of H-pyrrole nitrogens is 1. The molecule has 1 fully saturated rings. The minimum Gasteiger partial charge on any atom is -0.380 e. The average Bonchev–Trinajstić information content (AvgIpc) is 3.19. The van der Waals surface area contributed by atoms with E-state index in [0.717, 1.165) is 0 Å². The number of benzene rings is 1. The molecule has 0 spiro atoms. The number of anilines is 2. The van der Waals surface area contributed by atoms with Crippen molar-refractivity contribution < 1.29 is 18.3 Å². The van der Waals surface area contributed by atoms with Gasteiger partial charge in [0.05, 0.1) is 52.9 Å². The van der Waals surface area contributed by atoms with Crippen LogP contribution in [-0.2, 0) is 9.53 Å². The highest BCUT2D eigenvalue weighted by Crippen LogP contribution is 2.42. The number of nitrogens with one attached hydrogen (secondary N) is 2. The van der Waals surface area contributed by atoms with E-state index in [9.17, 15) is 9.18 Å². The molecule has 1 aromatic carbocycles. The lowest BCUT2D eigenvalue weighted by molar-refractivity contribution is -0.117. The number of aromatic amines is 1. The van der Waals surface area contributed by atoms with Crippen molar-refractivity contribution in [1.29, 1.82) is 0 Å². The van der Waals surface area contributed by atoms with E-state index >= 15 is 4.39 Å². The number of aromatic nitrogens is 5. The van der Waals surface area contributed by atoms with Crippen LogP contribution >= 0.6 is 11.6 Å². The van der Waals surface area contributed by atoms with Gasteiger partial charge in [-0.05, 0) is 20.3 Å². The molecule has 0 aliphatic heterocycles. The number of amides is 1. The zero-order valence-electron chi connectivity index (χ0n) is 19.5. The number of alkyl halides is 1. The third-order valence-electron chi connectivity index (χ3n) is 6.68. The number of fused-ring (bicyclic) bond motifs is 2. The van der Waals surface area contributed by atoms with E-state index in [4.69, 9.17) is 16.3 Å². The van der Waals surface area contributed by atoms with Crippen molar-refractivity contribution in [3.05, 3.63) is 35.6 Å². The Balaban J connectivity index is 1.56. The monoisotopic (exact) mass is 503 g/mol. The molecular weight excluding hydrogens is 480 g/mol. The van der Waals surface area contributed by atoms with Crippen LogP contribution < -0.4 is 10.2 Å². The number of imidazole rings is 1. The zero-order chi connectivity index (χ0) is 25.0. The van der Waals surface area contributed by atoms with E-state index in [2.05, 4.69) is 25.5 Å². The molecule has 1 aliphatic rings. The van der Waals surface area contributed by atoms with Crippen LogP contribution in [0.3, 0.4) is 0 Å². The molecule has 3 aromatic heterocycles. The van der Waals surface area contributed by atoms with E-state index in [0.29, 0.717) is 27.8 Å². The Morgan fingerprint density at radius 1 is 1.37 bits per heavy atom. The van der Waals surface area contributed by atoms with Crippen molar-refractivity contribution in [3.8, 4) is 11.3 Å². The summed E-state index contributed by atoms with van der Waals surface area (Å²) in [5, 5.41) is 10.1. The van der Waals surface area contributed by atoms with Crippen molar-refractivity contribution in [2.45, 2.75) is 38.6 Å². The number of ether oxygens (including phenoxy) is 1. The van der Waals surface area contributed by atoms with Gasteiger partial charge in [-0.15, -0.1) is 0 Å². The topological polar surface area (TPSA) is 100 Å². The zero-order valence-corrected chi connectivity index (χ0v) is 20.3. The highest BCUT2D eigenvalue weighted by atomic mass is 35.5. The fourth-order valence-electron chi connectivity index (χ4n) is 4.14. The molecule has 4 atom stereocenters. The SMILES string of the molecule is CO[C@H](C)[C@@H](C)N(C)c1c(F)c(Cl)c(-c2cn3cc(NC(=O)[C@@H]4C[C@@H]4F)nc3cn2)c2cn[nH]c12. The first-order valence-corrected chi connectivity index (χ1v) is 11.5. The summed E-state index contributed by atoms with van der Waals surface area (Å²) in [6, 6.07) is -0.153. The molecule has 184 valence electrons. The van der Waals surface area contributed by atoms with E-state index < -0.39 is 23.8 Å². The summed E-state index contributed by atoms with van der Waals surface area (Å²) in [6.45, 7) is 3.83. The molecule has 0 bridgehead atoms. The maximum absolute atomic E-state index is 15.7. The summed E-state index contributed by atoms with van der Waals surface area (Å²) >= 11 is 6.58. The maximum atomic E-state index is 15.7. The maximum Gasteiger partial charge on any atom is 0.231 e. The Hall–Kier alpha value is -3.31. The molecule has 0 saturated heterocycles. The molecule has 4 aromatic rings. The molecule has 2 N–H and O–H groups in total. The van der Waals surface area contributed by atoms with Crippen LogP contribution in [0.25, 0.3) is 27.8 Å². The molecule has 12 heteroatoms. The Kier molecular flexibility index (Phi) is 5.84. The van der Waals surface area contributed by atoms with Gasteiger partial charge in [0.2, 0.25) is 5.91 Å². The first kappa shape index (κ1) is 23.4. The van der Waals surface area contributed by atoms with E-state index in [1.54, 1.807) is 42.0 Å². The lowest BCUT2D eigenvalue weighted by Gasteiger charge is -2.31. The van der Waals surface area contributed by atoms with E-state index in [1.165, 1.54) is 6.20 Å². The fraction of sp³-hybridized carbons (Fsp3) is 0.391. The summed E-state index contributed by atoms with van der Waals surface area (Å²) in [5.74, 6) is -1.37. The van der Waals surface area contributed by atoms with Gasteiger partial charge in [-0.2, -0.15) is 5.10 Å². The van der Waals surface area contributed by atoms with Gasteiger partial charge in [0.25, 0.3) is 0 Å². The van der Waals surface area contributed by atoms with Gasteiger partial charge >= 0.3 is 0 Å². The molecule has 9 nitrogen and oxygen atoms in total. The Bertz CT molecular complexity index is 1440.